The van der Waals surface area contributed by atoms with Crippen molar-refractivity contribution in [2.75, 3.05) is 6.61 Å². The Kier molecular flexibility index (Phi) is 5.79. The van der Waals surface area contributed by atoms with Crippen LogP contribution in [0.4, 0.5) is 0 Å². The number of carbonyl (C=O) groups is 1. The first-order valence-electron chi connectivity index (χ1n) is 6.03. The second-order valence-corrected chi connectivity index (χ2v) is 3.97. The van der Waals surface area contributed by atoms with E-state index < -0.39 is 0 Å². The third kappa shape index (κ3) is 5.40. The Balaban J connectivity index is 2.53. The van der Waals surface area contributed by atoms with E-state index in [1.807, 2.05) is 38.1 Å². The summed E-state index contributed by atoms with van der Waals surface area (Å²) in [6.07, 6.45) is 0.281. The average molecular weight is 246 g/mol. The first-order valence-corrected chi connectivity index (χ1v) is 6.03. The normalized spacial score (nSPS) is 9.56. The number of carbonyl (C=O) groups excluding carboxylic acids is 1. The molecule has 0 saturated heterocycles. The van der Waals surface area contributed by atoms with Crippen LogP contribution in [0.1, 0.15) is 32.8 Å². The summed E-state index contributed by atoms with van der Waals surface area (Å²) in [7, 11) is 0. The molecule has 0 aromatic heterocycles. The van der Waals surface area contributed by atoms with E-state index in [-0.39, 0.29) is 18.5 Å². The zero-order chi connectivity index (χ0) is 13.4. The highest BCUT2D eigenvalue weighted by Crippen LogP contribution is 2.13. The molecule has 0 fully saturated rings. The Bertz CT molecular complexity index is 435. The van der Waals surface area contributed by atoms with E-state index in [2.05, 4.69) is 11.8 Å². The summed E-state index contributed by atoms with van der Waals surface area (Å²) >= 11 is 0. The lowest BCUT2D eigenvalue weighted by Crippen LogP contribution is -2.05. The van der Waals surface area contributed by atoms with Crippen LogP contribution >= 0.6 is 0 Å². The van der Waals surface area contributed by atoms with Crippen LogP contribution in [0.3, 0.4) is 0 Å². The summed E-state index contributed by atoms with van der Waals surface area (Å²) < 4.78 is 10.3. The van der Waals surface area contributed by atoms with Crippen LogP contribution in [0.25, 0.3) is 0 Å². The molecule has 0 N–H and O–H groups in total. The monoisotopic (exact) mass is 246 g/mol. The van der Waals surface area contributed by atoms with Gasteiger partial charge >= 0.3 is 5.97 Å². The number of rotatable bonds is 4. The molecule has 0 spiro atoms. The summed E-state index contributed by atoms with van der Waals surface area (Å²) in [6.45, 7) is 6.13. The molecular weight excluding hydrogens is 228 g/mol. The number of hydrogen-bond donors (Lipinski definition) is 0. The standard InChI is InChI=1S/C15H18O3/c1-4-17-15(16)7-5-6-13-8-10-14(11-9-13)18-12(2)3/h8-12H,4,7H2,1-3H3. The van der Waals surface area contributed by atoms with Gasteiger partial charge in [-0.1, -0.05) is 11.8 Å². The molecule has 3 nitrogen and oxygen atoms in total. The van der Waals surface area contributed by atoms with Crippen molar-refractivity contribution < 1.29 is 14.3 Å². The summed E-state index contributed by atoms with van der Waals surface area (Å²) in [5.74, 6) is 6.22. The molecule has 0 radical (unpaired) electrons. The molecule has 0 saturated carbocycles. The van der Waals surface area contributed by atoms with Gasteiger partial charge in [-0.25, -0.2) is 0 Å². The molecule has 0 unspecified atom stereocenters. The molecule has 96 valence electrons. The van der Waals surface area contributed by atoms with Crippen molar-refractivity contribution in [1.82, 2.24) is 0 Å². The Hall–Kier alpha value is -1.95. The topological polar surface area (TPSA) is 35.5 Å². The maximum absolute atomic E-state index is 11.1. The molecule has 0 aliphatic heterocycles. The molecular formula is C15H18O3. The van der Waals surface area contributed by atoms with Gasteiger partial charge in [-0.2, -0.15) is 0 Å². The molecule has 0 heterocycles. The van der Waals surface area contributed by atoms with Crippen LogP contribution in [0.2, 0.25) is 0 Å². The van der Waals surface area contributed by atoms with Crippen LogP contribution in [-0.4, -0.2) is 18.7 Å². The van der Waals surface area contributed by atoms with E-state index in [4.69, 9.17) is 9.47 Å². The fourth-order valence-electron chi connectivity index (χ4n) is 1.32. The Morgan fingerprint density at radius 2 is 1.94 bits per heavy atom. The van der Waals surface area contributed by atoms with Crippen LogP contribution in [-0.2, 0) is 9.53 Å². The van der Waals surface area contributed by atoms with E-state index in [9.17, 15) is 4.79 Å². The maximum atomic E-state index is 11.1. The lowest BCUT2D eigenvalue weighted by molar-refractivity contribution is -0.141. The summed E-state index contributed by atoms with van der Waals surface area (Å²) in [5, 5.41) is 0. The molecule has 0 aliphatic rings. The van der Waals surface area contributed by atoms with Gasteiger partial charge in [0.05, 0.1) is 12.7 Å². The summed E-state index contributed by atoms with van der Waals surface area (Å²) in [6, 6.07) is 7.48. The van der Waals surface area contributed by atoms with Crippen molar-refractivity contribution in [3.63, 3.8) is 0 Å². The molecule has 0 bridgehead atoms. The third-order valence-corrected chi connectivity index (χ3v) is 2.00. The van der Waals surface area contributed by atoms with E-state index in [1.54, 1.807) is 6.92 Å². The van der Waals surface area contributed by atoms with Gasteiger partial charge in [-0.15, -0.1) is 0 Å². The predicted molar refractivity (Wildman–Crippen MR) is 70.3 cm³/mol. The zero-order valence-electron chi connectivity index (χ0n) is 11.0. The fourth-order valence-corrected chi connectivity index (χ4v) is 1.32. The SMILES string of the molecule is CCOC(=O)CC#Cc1ccc(OC(C)C)cc1. The van der Waals surface area contributed by atoms with Crippen molar-refractivity contribution in [3.8, 4) is 17.6 Å². The molecule has 1 aromatic carbocycles. The Morgan fingerprint density at radius 1 is 1.28 bits per heavy atom. The highest BCUT2D eigenvalue weighted by atomic mass is 16.5. The first kappa shape index (κ1) is 14.1. The molecule has 0 aliphatic carbocycles. The minimum atomic E-state index is -0.287. The van der Waals surface area contributed by atoms with Crippen LogP contribution in [0, 0.1) is 11.8 Å². The fraction of sp³-hybridized carbons (Fsp3) is 0.400. The summed E-state index contributed by atoms with van der Waals surface area (Å²) in [4.78, 5) is 11.1. The first-order chi connectivity index (χ1) is 8.61. The van der Waals surface area contributed by atoms with Crippen molar-refractivity contribution in [2.24, 2.45) is 0 Å². The lowest BCUT2D eigenvalue weighted by atomic mass is 10.2. The van der Waals surface area contributed by atoms with Gasteiger partial charge in [0.2, 0.25) is 0 Å². The highest BCUT2D eigenvalue weighted by molar-refractivity contribution is 5.72. The van der Waals surface area contributed by atoms with Crippen LogP contribution in [0.5, 0.6) is 5.75 Å². The van der Waals surface area contributed by atoms with E-state index in [0.717, 1.165) is 11.3 Å². The number of ether oxygens (including phenoxy) is 2. The van der Waals surface area contributed by atoms with Gasteiger partial charge in [0.1, 0.15) is 12.2 Å². The molecule has 0 amide bonds. The minimum Gasteiger partial charge on any atom is -0.491 e. The largest absolute Gasteiger partial charge is 0.491 e. The highest BCUT2D eigenvalue weighted by Gasteiger charge is 1.98. The predicted octanol–water partition coefficient (Wildman–Crippen LogP) is 2.78. The molecule has 1 aromatic rings. The average Bonchev–Trinajstić information content (AvgIpc) is 2.31. The smallest absolute Gasteiger partial charge is 0.317 e. The molecule has 1 rings (SSSR count). The number of hydrogen-bond acceptors (Lipinski definition) is 3. The maximum Gasteiger partial charge on any atom is 0.317 e. The van der Waals surface area contributed by atoms with Gasteiger partial charge in [0, 0.05) is 5.56 Å². The van der Waals surface area contributed by atoms with Gasteiger partial charge in [0.25, 0.3) is 0 Å². The van der Waals surface area contributed by atoms with Crippen molar-refractivity contribution in [1.29, 1.82) is 0 Å². The van der Waals surface area contributed by atoms with Crippen molar-refractivity contribution in [3.05, 3.63) is 29.8 Å². The Morgan fingerprint density at radius 3 is 2.50 bits per heavy atom. The quantitative estimate of drug-likeness (QED) is 0.605. The van der Waals surface area contributed by atoms with E-state index in [0.29, 0.717) is 6.61 Å². The van der Waals surface area contributed by atoms with Gasteiger partial charge in [-0.05, 0) is 45.0 Å². The van der Waals surface area contributed by atoms with Crippen molar-refractivity contribution in [2.45, 2.75) is 33.3 Å². The van der Waals surface area contributed by atoms with E-state index in [1.165, 1.54) is 0 Å². The molecule has 18 heavy (non-hydrogen) atoms. The number of esters is 1. The summed E-state index contributed by atoms with van der Waals surface area (Å²) in [5.41, 5.74) is 0.857. The minimum absolute atomic E-state index is 0.123. The van der Waals surface area contributed by atoms with Crippen LogP contribution < -0.4 is 4.74 Å². The molecule has 0 atom stereocenters. The second kappa shape index (κ2) is 7.39. The lowest BCUT2D eigenvalue weighted by Gasteiger charge is -2.08. The number of benzene rings is 1. The van der Waals surface area contributed by atoms with Gasteiger partial charge in [0.15, 0.2) is 0 Å². The zero-order valence-corrected chi connectivity index (χ0v) is 11.0. The molecule has 3 heteroatoms. The Labute approximate surface area is 108 Å². The van der Waals surface area contributed by atoms with Gasteiger partial charge in [-0.3, -0.25) is 4.79 Å². The third-order valence-electron chi connectivity index (χ3n) is 2.00. The van der Waals surface area contributed by atoms with Crippen molar-refractivity contribution >= 4 is 5.97 Å². The second-order valence-electron chi connectivity index (χ2n) is 3.97. The van der Waals surface area contributed by atoms with E-state index >= 15 is 0 Å². The van der Waals surface area contributed by atoms with Crippen LogP contribution in [0.15, 0.2) is 24.3 Å². The van der Waals surface area contributed by atoms with Gasteiger partial charge < -0.3 is 9.47 Å².